The van der Waals surface area contributed by atoms with E-state index in [1.807, 2.05) is 6.08 Å². The molecule has 10 heavy (non-hydrogen) atoms. The fourth-order valence-electron chi connectivity index (χ4n) is 1.33. The summed E-state index contributed by atoms with van der Waals surface area (Å²) in [6.07, 6.45) is 3.91. The molecule has 2 aliphatic rings. The zero-order chi connectivity index (χ0) is 7.19. The summed E-state index contributed by atoms with van der Waals surface area (Å²) >= 11 is 0. The van der Waals surface area contributed by atoms with Crippen LogP contribution in [0.15, 0.2) is 12.3 Å². The lowest BCUT2D eigenvalue weighted by Crippen LogP contribution is -2.28. The van der Waals surface area contributed by atoms with Crippen molar-refractivity contribution in [2.24, 2.45) is 5.92 Å². The van der Waals surface area contributed by atoms with E-state index in [4.69, 9.17) is 9.47 Å². The van der Waals surface area contributed by atoms with Crippen LogP contribution in [0.5, 0.6) is 0 Å². The van der Waals surface area contributed by atoms with Crippen LogP contribution in [0.4, 0.5) is 0 Å². The second-order valence-electron chi connectivity index (χ2n) is 2.75. The smallest absolute Gasteiger partial charge is 0.309 e. The first-order valence-corrected chi connectivity index (χ1v) is 3.27. The molecule has 2 atom stereocenters. The second kappa shape index (κ2) is 1.54. The number of rotatable bonds is 0. The van der Waals surface area contributed by atoms with Gasteiger partial charge in [0.15, 0.2) is 0 Å². The van der Waals surface area contributed by atoms with Gasteiger partial charge in [-0.05, 0) is 6.08 Å². The molecule has 0 saturated carbocycles. The van der Waals surface area contributed by atoms with E-state index in [0.29, 0.717) is 6.42 Å². The molecule has 1 fully saturated rings. The zero-order valence-corrected chi connectivity index (χ0v) is 5.66. The van der Waals surface area contributed by atoms with Crippen LogP contribution < -0.4 is 0 Å². The van der Waals surface area contributed by atoms with E-state index >= 15 is 0 Å². The number of carbonyl (C=O) groups excluding carboxylic acids is 1. The standard InChI is InChI=1S/C7H8O3/c1-7-5(2-3-9-7)4-6(8)10-7/h2-3,5H,4H2,1H3. The van der Waals surface area contributed by atoms with Gasteiger partial charge in [-0.3, -0.25) is 4.79 Å². The van der Waals surface area contributed by atoms with E-state index in [1.165, 1.54) is 0 Å². The molecule has 0 radical (unpaired) electrons. The van der Waals surface area contributed by atoms with Crippen LogP contribution in [0.2, 0.25) is 0 Å². The molecule has 2 rings (SSSR count). The third-order valence-corrected chi connectivity index (χ3v) is 1.99. The SMILES string of the molecule is CC12OC=CC1CC(=O)O2. The molecule has 0 aromatic heterocycles. The molecule has 0 aliphatic carbocycles. The van der Waals surface area contributed by atoms with Gasteiger partial charge in [-0.2, -0.15) is 0 Å². The van der Waals surface area contributed by atoms with Crippen LogP contribution in [-0.4, -0.2) is 11.8 Å². The van der Waals surface area contributed by atoms with Crippen molar-refractivity contribution in [2.75, 3.05) is 0 Å². The van der Waals surface area contributed by atoms with Gasteiger partial charge < -0.3 is 9.47 Å². The van der Waals surface area contributed by atoms with Crippen molar-refractivity contribution in [1.29, 1.82) is 0 Å². The van der Waals surface area contributed by atoms with E-state index in [1.54, 1.807) is 13.2 Å². The maximum atomic E-state index is 10.7. The predicted octanol–water partition coefficient (Wildman–Crippen LogP) is 0.810. The van der Waals surface area contributed by atoms with Crippen LogP contribution >= 0.6 is 0 Å². The number of fused-ring (bicyclic) bond motifs is 1. The van der Waals surface area contributed by atoms with E-state index in [9.17, 15) is 4.79 Å². The molecule has 2 aliphatic heterocycles. The van der Waals surface area contributed by atoms with Crippen LogP contribution in [0.1, 0.15) is 13.3 Å². The number of hydrogen-bond donors (Lipinski definition) is 0. The quantitative estimate of drug-likeness (QED) is 0.467. The van der Waals surface area contributed by atoms with Crippen LogP contribution in [0.25, 0.3) is 0 Å². The van der Waals surface area contributed by atoms with E-state index in [-0.39, 0.29) is 11.9 Å². The van der Waals surface area contributed by atoms with Gasteiger partial charge in [0, 0.05) is 6.92 Å². The van der Waals surface area contributed by atoms with Crippen molar-refractivity contribution in [3.63, 3.8) is 0 Å². The monoisotopic (exact) mass is 140 g/mol. The molecule has 0 N–H and O–H groups in total. The highest BCUT2D eigenvalue weighted by Gasteiger charge is 2.48. The Morgan fingerprint density at radius 3 is 3.30 bits per heavy atom. The van der Waals surface area contributed by atoms with Crippen molar-refractivity contribution in [1.82, 2.24) is 0 Å². The lowest BCUT2D eigenvalue weighted by Gasteiger charge is -2.20. The Balaban J connectivity index is 2.28. The molecule has 1 saturated heterocycles. The minimum Gasteiger partial charge on any atom is -0.460 e. The van der Waals surface area contributed by atoms with Crippen molar-refractivity contribution in [2.45, 2.75) is 19.1 Å². The van der Waals surface area contributed by atoms with Crippen LogP contribution in [0, 0.1) is 5.92 Å². The predicted molar refractivity (Wildman–Crippen MR) is 32.8 cm³/mol. The normalized spacial score (nSPS) is 42.9. The minimum atomic E-state index is -0.683. The topological polar surface area (TPSA) is 35.5 Å². The summed E-state index contributed by atoms with van der Waals surface area (Å²) in [4.78, 5) is 10.7. The molecular weight excluding hydrogens is 132 g/mol. The number of carbonyl (C=O) groups is 1. The molecule has 54 valence electrons. The van der Waals surface area contributed by atoms with Gasteiger partial charge in [-0.15, -0.1) is 0 Å². The summed E-state index contributed by atoms with van der Waals surface area (Å²) in [5.74, 6) is -0.728. The fraction of sp³-hybridized carbons (Fsp3) is 0.571. The largest absolute Gasteiger partial charge is 0.460 e. The van der Waals surface area contributed by atoms with Crippen molar-refractivity contribution in [3.05, 3.63) is 12.3 Å². The Hall–Kier alpha value is -0.990. The molecule has 0 aromatic rings. The Bertz CT molecular complexity index is 209. The lowest BCUT2D eigenvalue weighted by atomic mass is 10.0. The molecule has 3 heteroatoms. The van der Waals surface area contributed by atoms with Gasteiger partial charge in [0.2, 0.25) is 0 Å². The van der Waals surface area contributed by atoms with Crippen molar-refractivity contribution < 1.29 is 14.3 Å². The minimum absolute atomic E-state index is 0.125. The maximum absolute atomic E-state index is 10.7. The van der Waals surface area contributed by atoms with Gasteiger partial charge in [0.25, 0.3) is 5.79 Å². The molecule has 0 spiro atoms. The summed E-state index contributed by atoms with van der Waals surface area (Å²) in [7, 11) is 0. The summed E-state index contributed by atoms with van der Waals surface area (Å²) in [5, 5.41) is 0. The van der Waals surface area contributed by atoms with Gasteiger partial charge in [0.1, 0.15) is 0 Å². The van der Waals surface area contributed by atoms with Gasteiger partial charge in [-0.1, -0.05) is 0 Å². The lowest BCUT2D eigenvalue weighted by molar-refractivity contribution is -0.184. The third kappa shape index (κ3) is 0.574. The van der Waals surface area contributed by atoms with E-state index in [0.717, 1.165) is 0 Å². The zero-order valence-electron chi connectivity index (χ0n) is 5.66. The average Bonchev–Trinajstić information content (AvgIpc) is 2.20. The molecule has 2 unspecified atom stereocenters. The Labute approximate surface area is 58.6 Å². The Morgan fingerprint density at radius 1 is 1.80 bits per heavy atom. The first-order valence-electron chi connectivity index (χ1n) is 3.27. The van der Waals surface area contributed by atoms with Gasteiger partial charge >= 0.3 is 5.97 Å². The van der Waals surface area contributed by atoms with E-state index < -0.39 is 5.79 Å². The summed E-state index contributed by atoms with van der Waals surface area (Å²) in [5.41, 5.74) is 0. The summed E-state index contributed by atoms with van der Waals surface area (Å²) < 4.78 is 10.1. The first-order chi connectivity index (χ1) is 4.71. The fourth-order valence-corrected chi connectivity index (χ4v) is 1.33. The Morgan fingerprint density at radius 2 is 2.60 bits per heavy atom. The molecule has 0 bridgehead atoms. The molecule has 2 heterocycles. The van der Waals surface area contributed by atoms with Crippen molar-refractivity contribution >= 4 is 5.97 Å². The van der Waals surface area contributed by atoms with Gasteiger partial charge in [0.05, 0.1) is 18.6 Å². The summed E-state index contributed by atoms with van der Waals surface area (Å²) in [6, 6.07) is 0. The highest BCUT2D eigenvalue weighted by atomic mass is 16.7. The second-order valence-corrected chi connectivity index (χ2v) is 2.75. The highest BCUT2D eigenvalue weighted by Crippen LogP contribution is 2.38. The van der Waals surface area contributed by atoms with Gasteiger partial charge in [-0.25, -0.2) is 0 Å². The number of hydrogen-bond acceptors (Lipinski definition) is 3. The third-order valence-electron chi connectivity index (χ3n) is 1.99. The van der Waals surface area contributed by atoms with Crippen LogP contribution in [0.3, 0.4) is 0 Å². The number of esters is 1. The molecular formula is C7H8O3. The summed E-state index contributed by atoms with van der Waals surface area (Å²) in [6.45, 7) is 1.78. The molecule has 0 amide bonds. The van der Waals surface area contributed by atoms with E-state index in [2.05, 4.69) is 0 Å². The van der Waals surface area contributed by atoms with Crippen molar-refractivity contribution in [3.8, 4) is 0 Å². The van der Waals surface area contributed by atoms with Crippen LogP contribution in [-0.2, 0) is 14.3 Å². The average molecular weight is 140 g/mol. The molecule has 0 aromatic carbocycles. The molecule has 3 nitrogen and oxygen atoms in total. The highest BCUT2D eigenvalue weighted by molar-refractivity contribution is 5.73. The first kappa shape index (κ1) is 5.77. The Kier molecular flexibility index (Phi) is 0.886. The number of ether oxygens (including phenoxy) is 2. The maximum Gasteiger partial charge on any atom is 0.309 e.